The third-order valence-corrected chi connectivity index (χ3v) is 2.68. The Kier molecular flexibility index (Phi) is 12.0. The molecule has 1 atom stereocenters. The second-order valence-electron chi connectivity index (χ2n) is 5.34. The van der Waals surface area contributed by atoms with E-state index < -0.39 is 0 Å². The smallest absolute Gasteiger partial charge is 0.147 e. The molecule has 0 heterocycles. The summed E-state index contributed by atoms with van der Waals surface area (Å²) < 4.78 is 0. The molecule has 3 heteroatoms. The van der Waals surface area contributed by atoms with Gasteiger partial charge in [-0.05, 0) is 38.5 Å². The topological polar surface area (TPSA) is 34.1 Å². The summed E-state index contributed by atoms with van der Waals surface area (Å²) in [5, 5.41) is -0.273. The van der Waals surface area contributed by atoms with Crippen LogP contribution in [0.15, 0.2) is 0 Å². The molecule has 0 saturated heterocycles. The van der Waals surface area contributed by atoms with Gasteiger partial charge < -0.3 is 4.79 Å². The van der Waals surface area contributed by atoms with E-state index in [0.29, 0.717) is 17.6 Å². The van der Waals surface area contributed by atoms with Gasteiger partial charge in [0.2, 0.25) is 0 Å². The maximum Gasteiger partial charge on any atom is 0.147 e. The normalized spacial score (nSPS) is 12.1. The maximum absolute atomic E-state index is 10.5. The third-order valence-electron chi connectivity index (χ3n) is 2.19. The molecule has 0 aromatic rings. The molecule has 0 rings (SSSR count). The molecule has 0 bridgehead atoms. The van der Waals surface area contributed by atoms with Crippen LogP contribution >= 0.6 is 11.6 Å². The predicted octanol–water partition coefficient (Wildman–Crippen LogP) is 4.24. The highest BCUT2D eigenvalue weighted by Crippen LogP contribution is 2.10. The number of carbonyl (C=O) groups excluding carboxylic acids is 2. The first kappa shape index (κ1) is 19.0. The van der Waals surface area contributed by atoms with Crippen molar-refractivity contribution in [2.75, 3.05) is 0 Å². The number of hydrogen-bond acceptors (Lipinski definition) is 2. The minimum Gasteiger partial charge on any atom is -0.300 e. The highest BCUT2D eigenvalue weighted by atomic mass is 35.5. The number of ketones is 2. The summed E-state index contributed by atoms with van der Waals surface area (Å²) in [6.07, 6.45) is 2.57. The molecule has 17 heavy (non-hydrogen) atoms. The lowest BCUT2D eigenvalue weighted by atomic mass is 10.1. The third kappa shape index (κ3) is 18.2. The molecular formula is C14H27ClO2. The van der Waals surface area contributed by atoms with Crippen LogP contribution in [0.2, 0.25) is 0 Å². The summed E-state index contributed by atoms with van der Waals surface area (Å²) in [5.74, 6) is 1.55. The minimum atomic E-state index is -0.273. The zero-order valence-electron chi connectivity index (χ0n) is 12.0. The van der Waals surface area contributed by atoms with Crippen molar-refractivity contribution in [3.8, 4) is 0 Å². The van der Waals surface area contributed by atoms with Crippen molar-refractivity contribution in [1.82, 2.24) is 0 Å². The lowest BCUT2D eigenvalue weighted by Crippen LogP contribution is -2.12. The van der Waals surface area contributed by atoms with Crippen LogP contribution in [-0.2, 0) is 9.59 Å². The molecule has 102 valence electrons. The molecule has 0 radical (unpaired) electrons. The lowest BCUT2D eigenvalue weighted by Gasteiger charge is -2.06. The van der Waals surface area contributed by atoms with Gasteiger partial charge in [0.05, 0.1) is 5.38 Å². The van der Waals surface area contributed by atoms with E-state index >= 15 is 0 Å². The number of halogens is 1. The van der Waals surface area contributed by atoms with Gasteiger partial charge >= 0.3 is 0 Å². The molecule has 0 aliphatic carbocycles. The lowest BCUT2D eigenvalue weighted by molar-refractivity contribution is -0.117. The average molecular weight is 263 g/mol. The van der Waals surface area contributed by atoms with Crippen LogP contribution < -0.4 is 0 Å². The van der Waals surface area contributed by atoms with Gasteiger partial charge in [0, 0.05) is 6.42 Å². The van der Waals surface area contributed by atoms with Gasteiger partial charge in [-0.2, -0.15) is 0 Å². The molecule has 0 aromatic heterocycles. The minimum absolute atomic E-state index is 0.0744. The number of Topliss-reactive ketones (excluding diaryl/α,β-unsaturated/α-hetero) is 2. The average Bonchev–Trinajstić information content (AvgIpc) is 2.14. The molecule has 0 aromatic carbocycles. The fourth-order valence-electron chi connectivity index (χ4n) is 1.07. The van der Waals surface area contributed by atoms with Crippen LogP contribution in [0.3, 0.4) is 0 Å². The molecular weight excluding hydrogens is 236 g/mol. The Labute approximate surface area is 111 Å². The first-order valence-corrected chi connectivity index (χ1v) is 6.74. The van der Waals surface area contributed by atoms with Gasteiger partial charge in [-0.25, -0.2) is 0 Å². The molecule has 0 aliphatic heterocycles. The zero-order valence-corrected chi connectivity index (χ0v) is 12.8. The fourth-order valence-corrected chi connectivity index (χ4v) is 1.43. The van der Waals surface area contributed by atoms with Crippen molar-refractivity contribution in [1.29, 1.82) is 0 Å². The monoisotopic (exact) mass is 262 g/mol. The summed E-state index contributed by atoms with van der Waals surface area (Å²) >= 11 is 5.66. The van der Waals surface area contributed by atoms with E-state index in [2.05, 4.69) is 27.7 Å². The molecule has 0 fully saturated rings. The highest BCUT2D eigenvalue weighted by molar-refractivity contribution is 6.30. The SMILES string of the molecule is CC(=O)C(Cl)CC(C)C.CC(=O)CCC(C)C. The van der Waals surface area contributed by atoms with Crippen molar-refractivity contribution in [3.05, 3.63) is 0 Å². The van der Waals surface area contributed by atoms with Crippen LogP contribution in [0.4, 0.5) is 0 Å². The summed E-state index contributed by atoms with van der Waals surface area (Å²) in [7, 11) is 0. The van der Waals surface area contributed by atoms with Crippen LogP contribution in [0, 0.1) is 11.8 Å². The van der Waals surface area contributed by atoms with Crippen molar-refractivity contribution < 1.29 is 9.59 Å². The van der Waals surface area contributed by atoms with Gasteiger partial charge in [-0.3, -0.25) is 4.79 Å². The molecule has 0 aliphatic rings. The highest BCUT2D eigenvalue weighted by Gasteiger charge is 2.10. The van der Waals surface area contributed by atoms with Crippen molar-refractivity contribution >= 4 is 23.2 Å². The number of carbonyl (C=O) groups is 2. The Morgan fingerprint density at radius 2 is 1.47 bits per heavy atom. The van der Waals surface area contributed by atoms with Crippen LogP contribution in [0.25, 0.3) is 0 Å². The molecule has 2 nitrogen and oxygen atoms in total. The van der Waals surface area contributed by atoms with Gasteiger partial charge in [0.25, 0.3) is 0 Å². The molecule has 1 unspecified atom stereocenters. The number of hydrogen-bond donors (Lipinski definition) is 0. The van der Waals surface area contributed by atoms with Gasteiger partial charge in [0.1, 0.15) is 11.6 Å². The van der Waals surface area contributed by atoms with Crippen LogP contribution in [0.5, 0.6) is 0 Å². The van der Waals surface area contributed by atoms with Crippen LogP contribution in [0.1, 0.15) is 60.8 Å². The Bertz CT molecular complexity index is 222. The quantitative estimate of drug-likeness (QED) is 0.671. The van der Waals surface area contributed by atoms with E-state index in [1.165, 1.54) is 6.92 Å². The molecule has 0 amide bonds. The Morgan fingerprint density at radius 1 is 1.00 bits per heavy atom. The van der Waals surface area contributed by atoms with E-state index in [1.54, 1.807) is 6.92 Å². The second-order valence-corrected chi connectivity index (χ2v) is 5.87. The Balaban J connectivity index is 0. The summed E-state index contributed by atoms with van der Waals surface area (Å²) in [6, 6.07) is 0. The van der Waals surface area contributed by atoms with Crippen molar-refractivity contribution in [2.45, 2.75) is 66.2 Å². The summed E-state index contributed by atoms with van der Waals surface area (Å²) in [6.45, 7) is 11.5. The standard InChI is InChI=1S/C7H13ClO.C7H14O/c1-5(2)4-7(8)6(3)9;1-6(2)4-5-7(3)8/h5,7H,4H2,1-3H3;6H,4-5H2,1-3H3. The van der Waals surface area contributed by atoms with Gasteiger partial charge in [-0.15, -0.1) is 11.6 Å². The van der Waals surface area contributed by atoms with E-state index in [0.717, 1.165) is 19.3 Å². The van der Waals surface area contributed by atoms with E-state index in [1.807, 2.05) is 0 Å². The Morgan fingerprint density at radius 3 is 1.59 bits per heavy atom. The predicted molar refractivity (Wildman–Crippen MR) is 74.5 cm³/mol. The zero-order chi connectivity index (χ0) is 14.0. The van der Waals surface area contributed by atoms with Gasteiger partial charge in [0.15, 0.2) is 0 Å². The molecule has 0 spiro atoms. The van der Waals surface area contributed by atoms with E-state index in [9.17, 15) is 9.59 Å². The first-order chi connectivity index (χ1) is 7.66. The fraction of sp³-hybridized carbons (Fsp3) is 0.857. The number of rotatable bonds is 6. The van der Waals surface area contributed by atoms with Gasteiger partial charge in [-0.1, -0.05) is 27.7 Å². The molecule has 0 N–H and O–H groups in total. The number of alkyl halides is 1. The summed E-state index contributed by atoms with van der Waals surface area (Å²) in [4.78, 5) is 20.9. The van der Waals surface area contributed by atoms with Crippen LogP contribution in [-0.4, -0.2) is 16.9 Å². The largest absolute Gasteiger partial charge is 0.300 e. The van der Waals surface area contributed by atoms with E-state index in [-0.39, 0.29) is 11.2 Å². The molecule has 0 saturated carbocycles. The first-order valence-electron chi connectivity index (χ1n) is 6.30. The summed E-state index contributed by atoms with van der Waals surface area (Å²) in [5.41, 5.74) is 0. The van der Waals surface area contributed by atoms with E-state index in [4.69, 9.17) is 11.6 Å². The second kappa shape index (κ2) is 10.8. The van der Waals surface area contributed by atoms with Crippen molar-refractivity contribution in [2.24, 2.45) is 11.8 Å². The Hall–Kier alpha value is -0.370. The maximum atomic E-state index is 10.5. The van der Waals surface area contributed by atoms with Crippen molar-refractivity contribution in [3.63, 3.8) is 0 Å².